The first-order valence-electron chi connectivity index (χ1n) is 3.44. The lowest BCUT2D eigenvalue weighted by Crippen LogP contribution is -1.98. The Balaban J connectivity index is 3.45. The molecule has 0 aliphatic heterocycles. The van der Waals surface area contributed by atoms with E-state index in [-0.39, 0.29) is 5.75 Å². The quantitative estimate of drug-likeness (QED) is 0.528. The second kappa shape index (κ2) is 3.70. The van der Waals surface area contributed by atoms with E-state index in [9.17, 15) is 14.5 Å². The molecule has 0 bridgehead atoms. The zero-order valence-corrected chi connectivity index (χ0v) is 7.07. The SMILES string of the molecule is COc1c[c]c([N+](=O)[O-])c(C#N)c1F. The molecule has 0 saturated carbocycles. The second-order valence-corrected chi connectivity index (χ2v) is 2.26. The maximum absolute atomic E-state index is 13.2. The number of nitro benzene ring substituents is 1. The number of nitrogens with zero attached hydrogens (tertiary/aromatic N) is 2. The number of methoxy groups -OCH3 is 1. The molecule has 14 heavy (non-hydrogen) atoms. The molecular formula is C8H4FN2O3. The lowest BCUT2D eigenvalue weighted by molar-refractivity contribution is -0.385. The monoisotopic (exact) mass is 195 g/mol. The summed E-state index contributed by atoms with van der Waals surface area (Å²) in [5, 5.41) is 18.8. The van der Waals surface area contributed by atoms with Crippen molar-refractivity contribution in [1.29, 1.82) is 5.26 Å². The zero-order valence-electron chi connectivity index (χ0n) is 7.07. The van der Waals surface area contributed by atoms with E-state index in [2.05, 4.69) is 10.8 Å². The fourth-order valence-electron chi connectivity index (χ4n) is 0.891. The number of benzene rings is 1. The van der Waals surface area contributed by atoms with Crippen molar-refractivity contribution in [2.75, 3.05) is 7.11 Å². The normalized spacial score (nSPS) is 9.21. The molecule has 5 nitrogen and oxygen atoms in total. The molecule has 1 rings (SSSR count). The van der Waals surface area contributed by atoms with Crippen molar-refractivity contribution in [2.24, 2.45) is 0 Å². The molecule has 0 heterocycles. The van der Waals surface area contributed by atoms with Crippen molar-refractivity contribution in [3.63, 3.8) is 0 Å². The highest BCUT2D eigenvalue weighted by Gasteiger charge is 2.21. The summed E-state index contributed by atoms with van der Waals surface area (Å²) in [4.78, 5) is 9.47. The van der Waals surface area contributed by atoms with E-state index in [1.54, 1.807) is 0 Å². The standard InChI is InChI=1S/C8H4FN2O3/c1-14-7-3-2-6(11(12)13)5(4-10)8(7)9/h3H,1H3. The van der Waals surface area contributed by atoms with Crippen molar-refractivity contribution in [3.8, 4) is 11.8 Å². The predicted octanol–water partition coefficient (Wildman–Crippen LogP) is 1.41. The molecule has 71 valence electrons. The van der Waals surface area contributed by atoms with Crippen molar-refractivity contribution in [2.45, 2.75) is 0 Å². The molecule has 1 radical (unpaired) electrons. The predicted molar refractivity (Wildman–Crippen MR) is 43.2 cm³/mol. The highest BCUT2D eigenvalue weighted by Crippen LogP contribution is 2.27. The van der Waals surface area contributed by atoms with Crippen LogP contribution in [0.2, 0.25) is 0 Å². The molecule has 0 aromatic heterocycles. The largest absolute Gasteiger partial charge is 0.494 e. The third-order valence-corrected chi connectivity index (χ3v) is 1.53. The minimum Gasteiger partial charge on any atom is -0.494 e. The number of nitriles is 1. The average molecular weight is 195 g/mol. The van der Waals surface area contributed by atoms with Gasteiger partial charge < -0.3 is 4.74 Å². The number of halogens is 1. The Bertz CT molecular complexity index is 425. The zero-order chi connectivity index (χ0) is 10.7. The first kappa shape index (κ1) is 9.92. The van der Waals surface area contributed by atoms with Crippen LogP contribution in [0.15, 0.2) is 6.07 Å². The third kappa shape index (κ3) is 1.47. The molecule has 0 fully saturated rings. The summed E-state index contributed by atoms with van der Waals surface area (Å²) in [5.74, 6) is -1.28. The molecule has 0 spiro atoms. The molecule has 0 aliphatic carbocycles. The Morgan fingerprint density at radius 1 is 1.79 bits per heavy atom. The van der Waals surface area contributed by atoms with E-state index in [0.717, 1.165) is 6.07 Å². The van der Waals surface area contributed by atoms with Crippen molar-refractivity contribution >= 4 is 5.69 Å². The van der Waals surface area contributed by atoms with Gasteiger partial charge in [-0.25, -0.2) is 4.39 Å². The van der Waals surface area contributed by atoms with E-state index >= 15 is 0 Å². The number of rotatable bonds is 2. The van der Waals surface area contributed by atoms with E-state index in [1.165, 1.54) is 13.2 Å². The fourth-order valence-corrected chi connectivity index (χ4v) is 0.891. The summed E-state index contributed by atoms with van der Waals surface area (Å²) in [5.41, 5.74) is -1.36. The summed E-state index contributed by atoms with van der Waals surface area (Å²) in [6, 6.07) is 4.53. The van der Waals surface area contributed by atoms with Crippen LogP contribution in [0, 0.1) is 33.3 Å². The van der Waals surface area contributed by atoms with Crippen LogP contribution >= 0.6 is 0 Å². The third-order valence-electron chi connectivity index (χ3n) is 1.53. The van der Waals surface area contributed by atoms with Gasteiger partial charge in [0.25, 0.3) is 5.69 Å². The van der Waals surface area contributed by atoms with E-state index in [1.807, 2.05) is 0 Å². The van der Waals surface area contributed by atoms with Crippen LogP contribution < -0.4 is 4.74 Å². The van der Waals surface area contributed by atoms with Crippen LogP contribution in [0.1, 0.15) is 5.56 Å². The van der Waals surface area contributed by atoms with E-state index in [0.29, 0.717) is 0 Å². The Morgan fingerprint density at radius 3 is 2.86 bits per heavy atom. The first-order chi connectivity index (χ1) is 6.61. The Hall–Kier alpha value is -2.16. The van der Waals surface area contributed by atoms with Gasteiger partial charge in [0, 0.05) is 0 Å². The molecule has 0 unspecified atom stereocenters. The number of ether oxygens (including phenoxy) is 1. The summed E-state index contributed by atoms with van der Waals surface area (Å²) in [7, 11) is 1.19. The minimum absolute atomic E-state index is 0.243. The molecule has 1 aromatic rings. The van der Waals surface area contributed by atoms with Gasteiger partial charge in [-0.3, -0.25) is 10.1 Å². The van der Waals surface area contributed by atoms with Gasteiger partial charge in [-0.1, -0.05) is 0 Å². The number of hydrogen-bond donors (Lipinski definition) is 0. The summed E-state index contributed by atoms with van der Waals surface area (Å²) in [6.45, 7) is 0. The second-order valence-electron chi connectivity index (χ2n) is 2.26. The molecule has 0 amide bonds. The Morgan fingerprint density at radius 2 is 2.43 bits per heavy atom. The number of hydrogen-bond acceptors (Lipinski definition) is 4. The highest BCUT2D eigenvalue weighted by molar-refractivity contribution is 5.52. The lowest BCUT2D eigenvalue weighted by Gasteiger charge is -2.01. The van der Waals surface area contributed by atoms with Crippen molar-refractivity contribution in [1.82, 2.24) is 0 Å². The summed E-state index contributed by atoms with van der Waals surface area (Å²) >= 11 is 0. The van der Waals surface area contributed by atoms with Crippen LogP contribution in [0.5, 0.6) is 5.75 Å². The Kier molecular flexibility index (Phi) is 2.62. The maximum Gasteiger partial charge on any atom is 0.298 e. The average Bonchev–Trinajstić information content (AvgIpc) is 2.17. The lowest BCUT2D eigenvalue weighted by atomic mass is 10.2. The molecule has 6 heteroatoms. The molecule has 0 N–H and O–H groups in total. The van der Waals surface area contributed by atoms with Gasteiger partial charge in [0.1, 0.15) is 6.07 Å². The summed E-state index contributed by atoms with van der Waals surface area (Å²) < 4.78 is 17.8. The smallest absolute Gasteiger partial charge is 0.298 e. The van der Waals surface area contributed by atoms with Crippen LogP contribution in [-0.4, -0.2) is 12.0 Å². The fraction of sp³-hybridized carbons (Fsp3) is 0.125. The van der Waals surface area contributed by atoms with Crippen molar-refractivity contribution in [3.05, 3.63) is 33.6 Å². The van der Waals surface area contributed by atoms with Gasteiger partial charge in [-0.05, 0) is 6.07 Å². The van der Waals surface area contributed by atoms with Crippen LogP contribution in [0.3, 0.4) is 0 Å². The highest BCUT2D eigenvalue weighted by atomic mass is 19.1. The molecular weight excluding hydrogens is 191 g/mol. The molecule has 0 atom stereocenters. The maximum atomic E-state index is 13.2. The Labute approximate surface area is 78.5 Å². The van der Waals surface area contributed by atoms with Gasteiger partial charge in [-0.2, -0.15) is 5.26 Å². The molecule has 0 aliphatic rings. The summed E-state index contributed by atoms with van der Waals surface area (Å²) in [6.07, 6.45) is 0. The van der Waals surface area contributed by atoms with E-state index < -0.39 is 22.0 Å². The van der Waals surface area contributed by atoms with Gasteiger partial charge in [0.05, 0.1) is 18.1 Å². The van der Waals surface area contributed by atoms with Crippen molar-refractivity contribution < 1.29 is 14.1 Å². The van der Waals surface area contributed by atoms with Gasteiger partial charge in [-0.15, -0.1) is 0 Å². The van der Waals surface area contributed by atoms with Gasteiger partial charge >= 0.3 is 0 Å². The van der Waals surface area contributed by atoms with Gasteiger partial charge in [0.2, 0.25) is 0 Å². The number of nitro groups is 1. The van der Waals surface area contributed by atoms with Gasteiger partial charge in [0.15, 0.2) is 17.1 Å². The van der Waals surface area contributed by atoms with Crippen LogP contribution in [-0.2, 0) is 0 Å². The molecule has 1 aromatic carbocycles. The first-order valence-corrected chi connectivity index (χ1v) is 3.44. The topological polar surface area (TPSA) is 76.2 Å². The molecule has 0 saturated heterocycles. The van der Waals surface area contributed by atoms with Crippen LogP contribution in [0.4, 0.5) is 10.1 Å². The van der Waals surface area contributed by atoms with E-state index in [4.69, 9.17) is 5.26 Å². The minimum atomic E-state index is -1.04. The van der Waals surface area contributed by atoms with Crippen LogP contribution in [0.25, 0.3) is 0 Å².